The van der Waals surface area contributed by atoms with E-state index in [1.807, 2.05) is 0 Å². The van der Waals surface area contributed by atoms with Crippen LogP contribution in [-0.4, -0.2) is 21.5 Å². The number of aryl methyl sites for hydroxylation is 1. The van der Waals surface area contributed by atoms with E-state index >= 15 is 0 Å². The molecule has 1 aromatic rings. The molecule has 0 aromatic carbocycles. The van der Waals surface area contributed by atoms with Crippen molar-refractivity contribution in [3.63, 3.8) is 0 Å². The highest BCUT2D eigenvalue weighted by atomic mass is 35.5. The minimum Gasteiger partial charge on any atom is -0.477 e. The minimum atomic E-state index is -0.983. The topological polar surface area (TPSA) is 81.7 Å². The quantitative estimate of drug-likeness (QED) is 0.709. The summed E-state index contributed by atoms with van der Waals surface area (Å²) in [7, 11) is 0. The number of aromatic carboxylic acids is 1. The van der Waals surface area contributed by atoms with Gasteiger partial charge in [-0.2, -0.15) is 0 Å². The van der Waals surface area contributed by atoms with E-state index in [4.69, 9.17) is 5.11 Å². The zero-order valence-corrected chi connectivity index (χ0v) is 7.26. The summed E-state index contributed by atoms with van der Waals surface area (Å²) >= 11 is 0. The van der Waals surface area contributed by atoms with Crippen LogP contribution in [-0.2, 0) is 0 Å². The number of carbonyl (C=O) groups is 1. The van der Waals surface area contributed by atoms with Gasteiger partial charge in [0.1, 0.15) is 5.69 Å². The van der Waals surface area contributed by atoms with Gasteiger partial charge in [-0.3, -0.25) is 0 Å². The van der Waals surface area contributed by atoms with Crippen molar-refractivity contribution in [2.24, 2.45) is 0 Å². The maximum absolute atomic E-state index is 10.3. The largest absolute Gasteiger partial charge is 0.477 e. The summed E-state index contributed by atoms with van der Waals surface area (Å²) in [4.78, 5) is 14.1. The third kappa shape index (κ3) is 3.32. The predicted octanol–water partition coefficient (Wildman–Crippen LogP) is 0.685. The predicted molar refractivity (Wildman–Crippen MR) is 46.8 cm³/mol. The highest BCUT2D eigenvalue weighted by Gasteiger charge is 2.01. The Balaban J connectivity index is 0. The molecule has 0 bridgehead atoms. The number of aromatic nitrogens is 1. The Morgan fingerprint density at radius 2 is 2.08 bits per heavy atom. The average molecular weight is 192 g/mol. The molecule has 5 heteroatoms. The lowest BCUT2D eigenvalue weighted by Gasteiger charge is -1.92. The molecule has 0 saturated carbocycles. The van der Waals surface area contributed by atoms with Crippen molar-refractivity contribution in [2.75, 3.05) is 0 Å². The van der Waals surface area contributed by atoms with E-state index in [9.17, 15) is 4.79 Å². The Hall–Kier alpha value is -1.13. The lowest BCUT2D eigenvalue weighted by molar-refractivity contribution is 0.0690. The molecule has 0 amide bonds. The number of hydrogen-bond donors (Lipinski definition) is 1. The first kappa shape index (κ1) is 13.5. The summed E-state index contributed by atoms with van der Waals surface area (Å²) in [5.74, 6) is -0.983. The summed E-state index contributed by atoms with van der Waals surface area (Å²) in [6, 6.07) is 4.90. The SMILES string of the molecule is Cc1cccc(C(=O)O)n1.Cl.O. The first-order valence-electron chi connectivity index (χ1n) is 2.87. The average Bonchev–Trinajstić information content (AvgIpc) is 1.88. The molecule has 1 heterocycles. The van der Waals surface area contributed by atoms with Gasteiger partial charge in [-0.25, -0.2) is 9.78 Å². The van der Waals surface area contributed by atoms with Crippen molar-refractivity contribution in [1.29, 1.82) is 0 Å². The van der Waals surface area contributed by atoms with E-state index in [1.165, 1.54) is 6.07 Å². The number of pyridine rings is 1. The van der Waals surface area contributed by atoms with Crippen molar-refractivity contribution >= 4 is 18.4 Å². The van der Waals surface area contributed by atoms with Crippen LogP contribution in [0.3, 0.4) is 0 Å². The molecular formula is C7H10ClNO3. The molecule has 0 unspecified atom stereocenters. The molecule has 0 atom stereocenters. The van der Waals surface area contributed by atoms with Crippen molar-refractivity contribution in [3.05, 3.63) is 29.6 Å². The molecule has 3 N–H and O–H groups in total. The Labute approximate surface area is 76.0 Å². The Kier molecular flexibility index (Phi) is 6.18. The number of nitrogens with zero attached hydrogens (tertiary/aromatic N) is 1. The molecule has 0 aliphatic rings. The van der Waals surface area contributed by atoms with Crippen LogP contribution >= 0.6 is 12.4 Å². The van der Waals surface area contributed by atoms with E-state index < -0.39 is 5.97 Å². The molecule has 0 fully saturated rings. The van der Waals surface area contributed by atoms with E-state index in [1.54, 1.807) is 19.1 Å². The van der Waals surface area contributed by atoms with Gasteiger partial charge in [0, 0.05) is 5.69 Å². The van der Waals surface area contributed by atoms with Gasteiger partial charge in [0.25, 0.3) is 0 Å². The van der Waals surface area contributed by atoms with Crippen molar-refractivity contribution < 1.29 is 15.4 Å². The second kappa shape index (κ2) is 5.51. The Morgan fingerprint density at radius 1 is 1.50 bits per heavy atom. The fourth-order valence-electron chi connectivity index (χ4n) is 0.662. The van der Waals surface area contributed by atoms with E-state index in [0.29, 0.717) is 0 Å². The van der Waals surface area contributed by atoms with Gasteiger partial charge >= 0.3 is 5.97 Å². The fourth-order valence-corrected chi connectivity index (χ4v) is 0.662. The van der Waals surface area contributed by atoms with E-state index in [0.717, 1.165) is 5.69 Å². The molecular weight excluding hydrogens is 182 g/mol. The molecule has 0 aliphatic heterocycles. The first-order chi connectivity index (χ1) is 4.70. The lowest BCUT2D eigenvalue weighted by atomic mass is 10.3. The van der Waals surface area contributed by atoms with Gasteiger partial charge in [-0.05, 0) is 19.1 Å². The number of carboxylic acid groups (broad SMARTS) is 1. The molecule has 68 valence electrons. The summed E-state index contributed by atoms with van der Waals surface area (Å²) in [6.07, 6.45) is 0. The number of hydrogen-bond acceptors (Lipinski definition) is 2. The summed E-state index contributed by atoms with van der Waals surface area (Å²) < 4.78 is 0. The maximum Gasteiger partial charge on any atom is 0.354 e. The van der Waals surface area contributed by atoms with Crippen LogP contribution < -0.4 is 0 Å². The highest BCUT2D eigenvalue weighted by molar-refractivity contribution is 5.85. The normalized spacial score (nSPS) is 7.75. The maximum atomic E-state index is 10.3. The molecule has 0 aliphatic carbocycles. The van der Waals surface area contributed by atoms with Gasteiger partial charge < -0.3 is 10.6 Å². The molecule has 0 spiro atoms. The third-order valence-corrected chi connectivity index (χ3v) is 1.11. The van der Waals surface area contributed by atoms with Crippen LogP contribution in [0.5, 0.6) is 0 Å². The van der Waals surface area contributed by atoms with Gasteiger partial charge in [0.15, 0.2) is 0 Å². The highest BCUT2D eigenvalue weighted by Crippen LogP contribution is 1.96. The molecule has 1 rings (SSSR count). The Bertz CT molecular complexity index is 265. The van der Waals surface area contributed by atoms with Crippen LogP contribution in [0.25, 0.3) is 0 Å². The molecule has 1 aromatic heterocycles. The minimum absolute atomic E-state index is 0. The summed E-state index contributed by atoms with van der Waals surface area (Å²) in [5, 5.41) is 8.45. The van der Waals surface area contributed by atoms with Gasteiger partial charge in [-0.15, -0.1) is 12.4 Å². The van der Waals surface area contributed by atoms with E-state index in [2.05, 4.69) is 4.98 Å². The summed E-state index contributed by atoms with van der Waals surface area (Å²) in [6.45, 7) is 1.76. The second-order valence-corrected chi connectivity index (χ2v) is 1.97. The molecule has 12 heavy (non-hydrogen) atoms. The second-order valence-electron chi connectivity index (χ2n) is 1.97. The number of halogens is 1. The standard InChI is InChI=1S/C7H7NO2.ClH.H2O/c1-5-3-2-4-6(8-5)7(9)10;;/h2-4H,1H3,(H,9,10);1H;1H2. The van der Waals surface area contributed by atoms with E-state index in [-0.39, 0.29) is 23.6 Å². The molecule has 0 radical (unpaired) electrons. The number of carboxylic acids is 1. The smallest absolute Gasteiger partial charge is 0.354 e. The van der Waals surface area contributed by atoms with Gasteiger partial charge in [0.2, 0.25) is 0 Å². The van der Waals surface area contributed by atoms with Crippen LogP contribution in [0, 0.1) is 6.92 Å². The summed E-state index contributed by atoms with van der Waals surface area (Å²) in [5.41, 5.74) is 0.819. The van der Waals surface area contributed by atoms with Crippen LogP contribution in [0.1, 0.15) is 16.2 Å². The van der Waals surface area contributed by atoms with Crippen LogP contribution in [0.2, 0.25) is 0 Å². The third-order valence-electron chi connectivity index (χ3n) is 1.11. The molecule has 4 nitrogen and oxygen atoms in total. The fraction of sp³-hybridized carbons (Fsp3) is 0.143. The van der Waals surface area contributed by atoms with Crippen molar-refractivity contribution in [1.82, 2.24) is 4.98 Å². The zero-order chi connectivity index (χ0) is 7.56. The Morgan fingerprint density at radius 3 is 2.42 bits per heavy atom. The number of rotatable bonds is 1. The van der Waals surface area contributed by atoms with Gasteiger partial charge in [0.05, 0.1) is 0 Å². The lowest BCUT2D eigenvalue weighted by Crippen LogP contribution is -1.99. The zero-order valence-electron chi connectivity index (χ0n) is 6.44. The first-order valence-corrected chi connectivity index (χ1v) is 2.87. The van der Waals surface area contributed by atoms with Crippen LogP contribution in [0.15, 0.2) is 18.2 Å². The van der Waals surface area contributed by atoms with Crippen molar-refractivity contribution in [3.8, 4) is 0 Å². The monoisotopic (exact) mass is 191 g/mol. The van der Waals surface area contributed by atoms with Gasteiger partial charge in [-0.1, -0.05) is 6.07 Å². The van der Waals surface area contributed by atoms with Crippen LogP contribution in [0.4, 0.5) is 0 Å². The van der Waals surface area contributed by atoms with Crippen molar-refractivity contribution in [2.45, 2.75) is 6.92 Å². The molecule has 0 saturated heterocycles.